The Balaban J connectivity index is 2.80. The Bertz CT molecular complexity index is 289. The summed E-state index contributed by atoms with van der Waals surface area (Å²) in [6.07, 6.45) is 1.93. The van der Waals surface area contributed by atoms with E-state index in [1.165, 1.54) is 5.69 Å². The molecular weight excluding hydrogens is 228 g/mol. The Labute approximate surface area is 88.5 Å². The van der Waals surface area contributed by atoms with Gasteiger partial charge in [0.1, 0.15) is 0 Å². The zero-order valence-corrected chi connectivity index (χ0v) is 10.3. The predicted molar refractivity (Wildman–Crippen MR) is 59.3 cm³/mol. The Morgan fingerprint density at radius 2 is 2.08 bits per heavy atom. The number of aryl methyl sites for hydroxylation is 1. The third-order valence-electron chi connectivity index (χ3n) is 2.31. The maximum atomic E-state index is 4.28. The van der Waals surface area contributed by atoms with Crippen LogP contribution in [0.4, 0.5) is 0 Å². The Hall–Kier alpha value is -0.310. The van der Waals surface area contributed by atoms with Crippen molar-refractivity contribution in [2.45, 2.75) is 34.2 Å². The van der Waals surface area contributed by atoms with Crippen LogP contribution in [0.5, 0.6) is 0 Å². The van der Waals surface area contributed by atoms with Crippen molar-refractivity contribution in [3.8, 4) is 0 Å². The summed E-state index contributed by atoms with van der Waals surface area (Å²) in [7, 11) is 0. The predicted octanol–water partition coefficient (Wildman–Crippen LogP) is 2.92. The number of rotatable bonds is 3. The fourth-order valence-corrected chi connectivity index (χ4v) is 1.38. The summed E-state index contributed by atoms with van der Waals surface area (Å²) >= 11 is 3.53. The van der Waals surface area contributed by atoms with Crippen LogP contribution in [0.3, 0.4) is 0 Å². The molecule has 2 nitrogen and oxygen atoms in total. The minimum absolute atomic E-state index is 0.290. The van der Waals surface area contributed by atoms with Gasteiger partial charge in [-0.3, -0.25) is 0 Å². The summed E-state index contributed by atoms with van der Waals surface area (Å²) in [6.45, 7) is 9.68. The van der Waals surface area contributed by atoms with Crippen molar-refractivity contribution in [3.05, 3.63) is 17.7 Å². The first-order valence-corrected chi connectivity index (χ1v) is 5.63. The van der Waals surface area contributed by atoms with Crippen LogP contribution in [0.25, 0.3) is 0 Å². The summed E-state index contributed by atoms with van der Waals surface area (Å²) in [5, 5.41) is 1.01. The molecule has 0 saturated heterocycles. The second kappa shape index (κ2) is 3.82. The minimum Gasteiger partial charge on any atom is -0.334 e. The quantitative estimate of drug-likeness (QED) is 0.748. The highest BCUT2D eigenvalue weighted by atomic mass is 79.9. The number of hydrogen-bond acceptors (Lipinski definition) is 1. The second-order valence-corrected chi connectivity index (χ2v) is 4.90. The molecule has 0 spiro atoms. The molecule has 0 saturated carbocycles. The molecule has 0 unspecified atom stereocenters. The van der Waals surface area contributed by atoms with E-state index in [0.29, 0.717) is 0 Å². The van der Waals surface area contributed by atoms with Gasteiger partial charge in [0.15, 0.2) is 0 Å². The van der Waals surface area contributed by atoms with Gasteiger partial charge in [-0.1, -0.05) is 29.8 Å². The topological polar surface area (TPSA) is 17.8 Å². The van der Waals surface area contributed by atoms with Crippen LogP contribution < -0.4 is 0 Å². The number of imidazole rings is 1. The third kappa shape index (κ3) is 2.56. The molecule has 0 aromatic carbocycles. The van der Waals surface area contributed by atoms with Crippen LogP contribution in [0, 0.1) is 19.3 Å². The Morgan fingerprint density at radius 3 is 2.46 bits per heavy atom. The normalized spacial score (nSPS) is 12.1. The zero-order valence-electron chi connectivity index (χ0n) is 8.76. The van der Waals surface area contributed by atoms with E-state index in [9.17, 15) is 0 Å². The highest BCUT2D eigenvalue weighted by Gasteiger charge is 2.17. The van der Waals surface area contributed by atoms with Crippen molar-refractivity contribution in [3.63, 3.8) is 0 Å². The van der Waals surface area contributed by atoms with Gasteiger partial charge in [-0.15, -0.1) is 0 Å². The van der Waals surface area contributed by atoms with E-state index in [4.69, 9.17) is 0 Å². The van der Waals surface area contributed by atoms with Gasteiger partial charge in [0, 0.05) is 17.6 Å². The molecule has 13 heavy (non-hydrogen) atoms. The molecule has 0 aliphatic heterocycles. The van der Waals surface area contributed by atoms with Crippen LogP contribution in [0.15, 0.2) is 6.33 Å². The molecule has 3 heteroatoms. The molecule has 0 aliphatic rings. The molecule has 0 N–H and O–H groups in total. The van der Waals surface area contributed by atoms with Gasteiger partial charge in [-0.2, -0.15) is 0 Å². The van der Waals surface area contributed by atoms with Crippen LogP contribution in [-0.4, -0.2) is 14.9 Å². The summed E-state index contributed by atoms with van der Waals surface area (Å²) in [5.41, 5.74) is 2.69. The lowest BCUT2D eigenvalue weighted by atomic mass is 9.97. The van der Waals surface area contributed by atoms with E-state index >= 15 is 0 Å². The standard InChI is InChI=1S/C10H17BrN2/c1-8-9(2)13(7-12-8)6-10(3,4)5-11/h7H,5-6H2,1-4H3. The van der Waals surface area contributed by atoms with E-state index in [0.717, 1.165) is 17.6 Å². The second-order valence-electron chi connectivity index (χ2n) is 4.34. The highest BCUT2D eigenvalue weighted by molar-refractivity contribution is 9.09. The largest absolute Gasteiger partial charge is 0.334 e. The maximum absolute atomic E-state index is 4.28. The SMILES string of the molecule is Cc1ncn(CC(C)(C)CBr)c1C. The third-order valence-corrected chi connectivity index (χ3v) is 3.82. The summed E-state index contributed by atoms with van der Waals surface area (Å²) < 4.78 is 2.22. The van der Waals surface area contributed by atoms with Crippen LogP contribution in [-0.2, 0) is 6.54 Å². The minimum atomic E-state index is 0.290. The van der Waals surface area contributed by atoms with Crippen LogP contribution in [0.1, 0.15) is 25.2 Å². The molecule has 1 heterocycles. The van der Waals surface area contributed by atoms with E-state index in [1.807, 2.05) is 13.3 Å². The molecule has 1 aromatic rings. The molecule has 0 atom stereocenters. The molecule has 0 fully saturated rings. The van der Waals surface area contributed by atoms with Crippen molar-refractivity contribution >= 4 is 15.9 Å². The monoisotopic (exact) mass is 244 g/mol. The van der Waals surface area contributed by atoms with Gasteiger partial charge in [-0.25, -0.2) is 4.98 Å². The van der Waals surface area contributed by atoms with Gasteiger partial charge in [0.05, 0.1) is 12.0 Å². The summed E-state index contributed by atoms with van der Waals surface area (Å²) in [4.78, 5) is 4.28. The molecular formula is C10H17BrN2. The van der Waals surface area contributed by atoms with Crippen molar-refractivity contribution < 1.29 is 0 Å². The number of hydrogen-bond donors (Lipinski definition) is 0. The Morgan fingerprint density at radius 1 is 1.46 bits per heavy atom. The average Bonchev–Trinajstić information content (AvgIpc) is 2.36. The van der Waals surface area contributed by atoms with Crippen molar-refractivity contribution in [2.24, 2.45) is 5.41 Å². The van der Waals surface area contributed by atoms with E-state index < -0.39 is 0 Å². The lowest BCUT2D eigenvalue weighted by molar-refractivity contribution is 0.351. The van der Waals surface area contributed by atoms with Gasteiger partial charge in [-0.05, 0) is 19.3 Å². The molecule has 74 valence electrons. The van der Waals surface area contributed by atoms with Gasteiger partial charge < -0.3 is 4.57 Å². The van der Waals surface area contributed by atoms with Crippen molar-refractivity contribution in [2.75, 3.05) is 5.33 Å². The molecule has 0 bridgehead atoms. The van der Waals surface area contributed by atoms with Gasteiger partial charge in [0.2, 0.25) is 0 Å². The first kappa shape index (κ1) is 10.8. The molecule has 1 rings (SSSR count). The summed E-state index contributed by atoms with van der Waals surface area (Å²) in [5.74, 6) is 0. The maximum Gasteiger partial charge on any atom is 0.0951 e. The first-order valence-electron chi connectivity index (χ1n) is 4.50. The fraction of sp³-hybridized carbons (Fsp3) is 0.700. The van der Waals surface area contributed by atoms with Crippen LogP contribution >= 0.6 is 15.9 Å². The number of nitrogens with zero attached hydrogens (tertiary/aromatic N) is 2. The van der Waals surface area contributed by atoms with E-state index in [-0.39, 0.29) is 5.41 Å². The molecule has 0 amide bonds. The number of alkyl halides is 1. The first-order chi connectivity index (χ1) is 5.96. The smallest absolute Gasteiger partial charge is 0.0951 e. The fourth-order valence-electron chi connectivity index (χ4n) is 1.21. The lowest BCUT2D eigenvalue weighted by Crippen LogP contribution is -2.21. The van der Waals surface area contributed by atoms with Gasteiger partial charge in [0.25, 0.3) is 0 Å². The number of halogens is 1. The van der Waals surface area contributed by atoms with E-state index in [1.54, 1.807) is 0 Å². The Kier molecular flexibility index (Phi) is 3.17. The zero-order chi connectivity index (χ0) is 10.1. The summed E-state index contributed by atoms with van der Waals surface area (Å²) in [6, 6.07) is 0. The highest BCUT2D eigenvalue weighted by Crippen LogP contribution is 2.22. The number of aromatic nitrogens is 2. The molecule has 1 aromatic heterocycles. The average molecular weight is 245 g/mol. The molecule has 0 aliphatic carbocycles. The molecule has 0 radical (unpaired) electrons. The van der Waals surface area contributed by atoms with E-state index in [2.05, 4.69) is 46.3 Å². The van der Waals surface area contributed by atoms with Crippen molar-refractivity contribution in [1.82, 2.24) is 9.55 Å². The van der Waals surface area contributed by atoms with Crippen LogP contribution in [0.2, 0.25) is 0 Å². The lowest BCUT2D eigenvalue weighted by Gasteiger charge is -2.22. The van der Waals surface area contributed by atoms with Crippen molar-refractivity contribution in [1.29, 1.82) is 0 Å². The van der Waals surface area contributed by atoms with Gasteiger partial charge >= 0.3 is 0 Å².